The number of anilines is 1. The molecule has 5 heteroatoms. The topological polar surface area (TPSA) is 67.1 Å². The van der Waals surface area contributed by atoms with Crippen molar-refractivity contribution in [3.8, 4) is 0 Å². The minimum atomic E-state index is 0.358. The molecule has 0 amide bonds. The Morgan fingerprint density at radius 2 is 2.53 bits per heavy atom. The van der Waals surface area contributed by atoms with Crippen LogP contribution in [-0.4, -0.2) is 47.6 Å². The van der Waals surface area contributed by atoms with Crippen molar-refractivity contribution in [1.29, 1.82) is 0 Å². The number of nitrogens with zero attached hydrogens (tertiary/aromatic N) is 3. The van der Waals surface area contributed by atoms with Crippen LogP contribution in [0.3, 0.4) is 0 Å². The third-order valence-corrected chi connectivity index (χ3v) is 2.65. The number of rotatable bonds is 2. The number of piperazine rings is 1. The zero-order valence-electron chi connectivity index (χ0n) is 8.98. The van der Waals surface area contributed by atoms with Gasteiger partial charge in [0, 0.05) is 44.0 Å². The third-order valence-electron chi connectivity index (χ3n) is 2.65. The highest BCUT2D eigenvalue weighted by atomic mass is 15.2. The van der Waals surface area contributed by atoms with E-state index in [1.807, 2.05) is 6.07 Å². The monoisotopic (exact) mass is 207 g/mol. The summed E-state index contributed by atoms with van der Waals surface area (Å²) in [6.45, 7) is 3.22. The summed E-state index contributed by atoms with van der Waals surface area (Å²) in [6, 6.07) is 2.39. The molecule has 1 saturated heterocycles. The Hall–Kier alpha value is -1.20. The molecule has 0 aromatic carbocycles. The van der Waals surface area contributed by atoms with Gasteiger partial charge in [-0.25, -0.2) is 9.97 Å². The van der Waals surface area contributed by atoms with Gasteiger partial charge in [0.1, 0.15) is 0 Å². The summed E-state index contributed by atoms with van der Waals surface area (Å²) in [5, 5.41) is 3.47. The van der Waals surface area contributed by atoms with Gasteiger partial charge in [0.15, 0.2) is 0 Å². The summed E-state index contributed by atoms with van der Waals surface area (Å²) >= 11 is 0. The van der Waals surface area contributed by atoms with Crippen LogP contribution in [-0.2, 0) is 6.42 Å². The van der Waals surface area contributed by atoms with E-state index in [1.165, 1.54) is 0 Å². The molecule has 1 aromatic heterocycles. The predicted octanol–water partition coefficient (Wildman–Crippen LogP) is -0.495. The number of nitrogens with one attached hydrogen (secondary N) is 1. The maximum Gasteiger partial charge on any atom is 0.220 e. The molecule has 5 nitrogen and oxygen atoms in total. The number of nitrogen functional groups attached to an aromatic ring is 1. The molecule has 1 aromatic rings. The summed E-state index contributed by atoms with van der Waals surface area (Å²) in [5.41, 5.74) is 6.55. The van der Waals surface area contributed by atoms with Gasteiger partial charge in [-0.1, -0.05) is 0 Å². The van der Waals surface area contributed by atoms with Crippen molar-refractivity contribution < 1.29 is 0 Å². The Morgan fingerprint density at radius 3 is 3.27 bits per heavy atom. The lowest BCUT2D eigenvalue weighted by atomic mass is 10.1. The summed E-state index contributed by atoms with van der Waals surface area (Å²) in [6.07, 6.45) is 2.63. The van der Waals surface area contributed by atoms with Gasteiger partial charge < -0.3 is 16.0 Å². The number of likely N-dealkylation sites (N-methyl/N-ethyl adjacent to an activating group) is 1. The Labute approximate surface area is 89.7 Å². The smallest absolute Gasteiger partial charge is 0.220 e. The highest BCUT2D eigenvalue weighted by molar-refractivity contribution is 5.17. The number of nitrogens with two attached hydrogens (primary N) is 1. The highest BCUT2D eigenvalue weighted by Gasteiger charge is 2.17. The van der Waals surface area contributed by atoms with Crippen LogP contribution < -0.4 is 11.1 Å². The molecule has 0 saturated carbocycles. The highest BCUT2D eigenvalue weighted by Crippen LogP contribution is 2.04. The largest absolute Gasteiger partial charge is 0.368 e. The Kier molecular flexibility index (Phi) is 3.13. The second-order valence-corrected chi connectivity index (χ2v) is 4.02. The molecule has 82 valence electrons. The van der Waals surface area contributed by atoms with Crippen LogP contribution in [0.1, 0.15) is 5.69 Å². The second-order valence-electron chi connectivity index (χ2n) is 4.02. The molecule has 1 unspecified atom stereocenters. The standard InChI is InChI=1S/C10H17N5/c1-15-5-4-12-9(7-15)6-8-2-3-13-10(11)14-8/h2-3,9,12H,4-7H2,1H3,(H2,11,13,14). The molecule has 3 N–H and O–H groups in total. The zero-order valence-corrected chi connectivity index (χ0v) is 8.98. The summed E-state index contributed by atoms with van der Waals surface area (Å²) in [4.78, 5) is 10.4. The van der Waals surface area contributed by atoms with E-state index < -0.39 is 0 Å². The molecule has 1 aliphatic heterocycles. The zero-order chi connectivity index (χ0) is 10.7. The van der Waals surface area contributed by atoms with E-state index in [0.29, 0.717) is 12.0 Å². The van der Waals surface area contributed by atoms with E-state index in [1.54, 1.807) is 6.20 Å². The van der Waals surface area contributed by atoms with Crippen LogP contribution in [0.4, 0.5) is 5.95 Å². The molecule has 0 bridgehead atoms. The molecule has 2 rings (SSSR count). The fourth-order valence-corrected chi connectivity index (χ4v) is 1.91. The number of hydrogen-bond acceptors (Lipinski definition) is 5. The quantitative estimate of drug-likeness (QED) is 0.684. The summed E-state index contributed by atoms with van der Waals surface area (Å²) < 4.78 is 0. The minimum Gasteiger partial charge on any atom is -0.368 e. The van der Waals surface area contributed by atoms with Crippen molar-refractivity contribution in [2.24, 2.45) is 0 Å². The molecule has 1 fully saturated rings. The molecular weight excluding hydrogens is 190 g/mol. The van der Waals surface area contributed by atoms with Gasteiger partial charge in [0.05, 0.1) is 0 Å². The number of aromatic nitrogens is 2. The van der Waals surface area contributed by atoms with E-state index in [4.69, 9.17) is 5.73 Å². The first-order chi connectivity index (χ1) is 7.24. The average Bonchev–Trinajstić information content (AvgIpc) is 2.17. The van der Waals surface area contributed by atoms with Crippen LogP contribution in [0.2, 0.25) is 0 Å². The first kappa shape index (κ1) is 10.3. The molecular formula is C10H17N5. The van der Waals surface area contributed by atoms with Gasteiger partial charge in [0.2, 0.25) is 5.95 Å². The Balaban J connectivity index is 1.96. The maximum atomic E-state index is 5.54. The van der Waals surface area contributed by atoms with Crippen LogP contribution >= 0.6 is 0 Å². The Morgan fingerprint density at radius 1 is 1.67 bits per heavy atom. The van der Waals surface area contributed by atoms with Crippen LogP contribution in [0, 0.1) is 0 Å². The van der Waals surface area contributed by atoms with Crippen molar-refractivity contribution in [1.82, 2.24) is 20.2 Å². The Bertz CT molecular complexity index is 327. The third kappa shape index (κ3) is 2.87. The van der Waals surface area contributed by atoms with E-state index in [9.17, 15) is 0 Å². The first-order valence-electron chi connectivity index (χ1n) is 5.23. The maximum absolute atomic E-state index is 5.54. The van der Waals surface area contributed by atoms with Gasteiger partial charge in [-0.2, -0.15) is 0 Å². The van der Waals surface area contributed by atoms with Crippen molar-refractivity contribution in [2.45, 2.75) is 12.5 Å². The van der Waals surface area contributed by atoms with Crippen LogP contribution in [0.5, 0.6) is 0 Å². The fraction of sp³-hybridized carbons (Fsp3) is 0.600. The van der Waals surface area contributed by atoms with Crippen molar-refractivity contribution in [3.63, 3.8) is 0 Å². The van der Waals surface area contributed by atoms with Gasteiger partial charge in [-0.15, -0.1) is 0 Å². The summed E-state index contributed by atoms with van der Waals surface area (Å²) in [5.74, 6) is 0.358. The molecule has 1 aliphatic rings. The van der Waals surface area contributed by atoms with E-state index in [2.05, 4.69) is 27.2 Å². The van der Waals surface area contributed by atoms with Crippen molar-refractivity contribution >= 4 is 5.95 Å². The van der Waals surface area contributed by atoms with Crippen molar-refractivity contribution in [2.75, 3.05) is 32.4 Å². The molecule has 15 heavy (non-hydrogen) atoms. The molecule has 0 aliphatic carbocycles. The second kappa shape index (κ2) is 4.55. The van der Waals surface area contributed by atoms with E-state index in [0.717, 1.165) is 31.7 Å². The van der Waals surface area contributed by atoms with Crippen molar-refractivity contribution in [3.05, 3.63) is 18.0 Å². The lowest BCUT2D eigenvalue weighted by Crippen LogP contribution is -2.50. The SMILES string of the molecule is CN1CCNC(Cc2ccnc(N)n2)C1. The predicted molar refractivity (Wildman–Crippen MR) is 59.4 cm³/mol. The fourth-order valence-electron chi connectivity index (χ4n) is 1.91. The molecule has 2 heterocycles. The van der Waals surface area contributed by atoms with Gasteiger partial charge >= 0.3 is 0 Å². The lowest BCUT2D eigenvalue weighted by Gasteiger charge is -2.30. The number of hydrogen-bond donors (Lipinski definition) is 2. The molecule has 0 spiro atoms. The van der Waals surface area contributed by atoms with Crippen LogP contribution in [0.15, 0.2) is 12.3 Å². The van der Waals surface area contributed by atoms with Gasteiger partial charge in [0.25, 0.3) is 0 Å². The molecule has 1 atom stereocenters. The van der Waals surface area contributed by atoms with Crippen LogP contribution in [0.25, 0.3) is 0 Å². The normalized spacial score (nSPS) is 22.9. The summed E-state index contributed by atoms with van der Waals surface area (Å²) in [7, 11) is 2.14. The first-order valence-corrected chi connectivity index (χ1v) is 5.23. The minimum absolute atomic E-state index is 0.358. The van der Waals surface area contributed by atoms with Gasteiger partial charge in [-0.3, -0.25) is 0 Å². The molecule has 0 radical (unpaired) electrons. The van der Waals surface area contributed by atoms with E-state index in [-0.39, 0.29) is 0 Å². The van der Waals surface area contributed by atoms with E-state index >= 15 is 0 Å². The van der Waals surface area contributed by atoms with Gasteiger partial charge in [-0.05, 0) is 13.1 Å². The average molecular weight is 207 g/mol. The lowest BCUT2D eigenvalue weighted by molar-refractivity contribution is 0.237.